The second kappa shape index (κ2) is 6.78. The Hall–Kier alpha value is -0.130. The second-order valence-corrected chi connectivity index (χ2v) is 10.7. The lowest BCUT2D eigenvalue weighted by Crippen LogP contribution is -2.47. The van der Waals surface area contributed by atoms with E-state index in [4.69, 9.17) is 0 Å². The van der Waals surface area contributed by atoms with Crippen LogP contribution in [-0.2, 0) is 10.0 Å². The molecule has 0 aromatic rings. The van der Waals surface area contributed by atoms with Crippen molar-refractivity contribution in [3.05, 3.63) is 0 Å². The van der Waals surface area contributed by atoms with Gasteiger partial charge in [-0.3, -0.25) is 4.90 Å². The zero-order valence-corrected chi connectivity index (χ0v) is 16.6. The number of rotatable bonds is 7. The van der Waals surface area contributed by atoms with Crippen LogP contribution in [0.1, 0.15) is 60.8 Å². The first-order valence-electron chi connectivity index (χ1n) is 8.46. The summed E-state index contributed by atoms with van der Waals surface area (Å²) in [6.07, 6.45) is 4.53. The molecule has 1 rings (SSSR count). The second-order valence-electron chi connectivity index (χ2n) is 8.67. The Balaban J connectivity index is 2.73. The molecule has 0 aromatic heterocycles. The highest BCUT2D eigenvalue weighted by Crippen LogP contribution is 2.35. The molecule has 2 atom stereocenters. The summed E-state index contributed by atoms with van der Waals surface area (Å²) in [5.41, 5.74) is 0.0590. The molecule has 2 unspecified atom stereocenters. The molecule has 132 valence electrons. The molecule has 0 spiro atoms. The highest BCUT2D eigenvalue weighted by Gasteiger charge is 2.37. The summed E-state index contributed by atoms with van der Waals surface area (Å²) in [6, 6.07) is 0.625. The van der Waals surface area contributed by atoms with Crippen molar-refractivity contribution in [1.29, 1.82) is 0 Å². The Bertz CT molecular complexity index is 471. The molecule has 1 fully saturated rings. The number of hydrogen-bond donors (Lipinski definition) is 0. The standard InChI is InChI=1S/C17H36N2O2S/c1-9-15(11-17(5,6)18(7)22(8,20)21)12-19-13-16(3,4)10-14(19)2/h14-15H,9-13H2,1-8H3. The Labute approximate surface area is 138 Å². The third kappa shape index (κ3) is 5.20. The molecule has 1 heterocycles. The van der Waals surface area contributed by atoms with Crippen molar-refractivity contribution in [3.63, 3.8) is 0 Å². The lowest BCUT2D eigenvalue weighted by molar-refractivity contribution is 0.155. The highest BCUT2D eigenvalue weighted by atomic mass is 32.2. The average Bonchev–Trinajstić information content (AvgIpc) is 2.58. The zero-order chi connectivity index (χ0) is 17.3. The zero-order valence-electron chi connectivity index (χ0n) is 15.8. The molecule has 4 nitrogen and oxygen atoms in total. The molecule has 1 saturated heterocycles. The number of likely N-dealkylation sites (tertiary alicyclic amines) is 1. The Morgan fingerprint density at radius 2 is 1.91 bits per heavy atom. The molecule has 1 aliphatic heterocycles. The van der Waals surface area contributed by atoms with Gasteiger partial charge in [-0.25, -0.2) is 8.42 Å². The van der Waals surface area contributed by atoms with Crippen LogP contribution in [0.3, 0.4) is 0 Å². The predicted molar refractivity (Wildman–Crippen MR) is 94.5 cm³/mol. The first kappa shape index (κ1) is 19.9. The van der Waals surface area contributed by atoms with Crippen molar-refractivity contribution < 1.29 is 8.42 Å². The van der Waals surface area contributed by atoms with Gasteiger partial charge in [0.1, 0.15) is 0 Å². The van der Waals surface area contributed by atoms with Crippen LogP contribution < -0.4 is 0 Å². The van der Waals surface area contributed by atoms with Gasteiger partial charge in [-0.05, 0) is 44.9 Å². The topological polar surface area (TPSA) is 40.6 Å². The first-order chi connectivity index (χ1) is 9.78. The molecule has 0 N–H and O–H groups in total. The Morgan fingerprint density at radius 3 is 2.27 bits per heavy atom. The van der Waals surface area contributed by atoms with Crippen molar-refractivity contribution >= 4 is 10.0 Å². The summed E-state index contributed by atoms with van der Waals surface area (Å²) in [5, 5.41) is 0. The maximum atomic E-state index is 11.8. The van der Waals surface area contributed by atoms with E-state index in [0.717, 1.165) is 25.9 Å². The van der Waals surface area contributed by atoms with Crippen molar-refractivity contribution in [2.75, 3.05) is 26.4 Å². The molecule has 1 aliphatic rings. The lowest BCUT2D eigenvalue weighted by atomic mass is 9.88. The lowest BCUT2D eigenvalue weighted by Gasteiger charge is -2.38. The summed E-state index contributed by atoms with van der Waals surface area (Å²) >= 11 is 0. The van der Waals surface area contributed by atoms with Crippen molar-refractivity contribution in [1.82, 2.24) is 9.21 Å². The fraction of sp³-hybridized carbons (Fsp3) is 1.00. The van der Waals surface area contributed by atoms with Gasteiger partial charge in [0.25, 0.3) is 0 Å². The smallest absolute Gasteiger partial charge is 0.211 e. The number of hydrogen-bond acceptors (Lipinski definition) is 3. The summed E-state index contributed by atoms with van der Waals surface area (Å²) in [4.78, 5) is 2.59. The molecular weight excluding hydrogens is 296 g/mol. The van der Waals surface area contributed by atoms with Crippen LogP contribution in [0.15, 0.2) is 0 Å². The van der Waals surface area contributed by atoms with E-state index in [-0.39, 0.29) is 5.54 Å². The van der Waals surface area contributed by atoms with E-state index in [1.807, 2.05) is 13.8 Å². The minimum atomic E-state index is -3.15. The molecule has 0 bridgehead atoms. The van der Waals surface area contributed by atoms with Crippen LogP contribution in [0.5, 0.6) is 0 Å². The van der Waals surface area contributed by atoms with Crippen molar-refractivity contribution in [2.24, 2.45) is 11.3 Å². The van der Waals surface area contributed by atoms with Gasteiger partial charge in [-0.1, -0.05) is 27.2 Å². The monoisotopic (exact) mass is 332 g/mol. The van der Waals surface area contributed by atoms with Crippen molar-refractivity contribution in [2.45, 2.75) is 72.4 Å². The van der Waals surface area contributed by atoms with E-state index in [1.54, 1.807) is 7.05 Å². The van der Waals surface area contributed by atoms with E-state index < -0.39 is 10.0 Å². The van der Waals surface area contributed by atoms with Gasteiger partial charge in [0.05, 0.1) is 6.26 Å². The van der Waals surface area contributed by atoms with E-state index >= 15 is 0 Å². The van der Waals surface area contributed by atoms with Gasteiger partial charge >= 0.3 is 0 Å². The molecule has 0 aromatic carbocycles. The van der Waals surface area contributed by atoms with Crippen LogP contribution in [0.4, 0.5) is 0 Å². The van der Waals surface area contributed by atoms with Crippen LogP contribution >= 0.6 is 0 Å². The molecule has 0 saturated carbocycles. The summed E-state index contributed by atoms with van der Waals surface area (Å²) in [7, 11) is -1.45. The molecule has 22 heavy (non-hydrogen) atoms. The van der Waals surface area contributed by atoms with Crippen LogP contribution in [-0.4, -0.2) is 55.6 Å². The maximum Gasteiger partial charge on any atom is 0.211 e. The minimum Gasteiger partial charge on any atom is -0.300 e. The third-order valence-electron chi connectivity index (χ3n) is 5.31. The summed E-state index contributed by atoms with van der Waals surface area (Å²) in [5.74, 6) is 0.524. The van der Waals surface area contributed by atoms with Gasteiger partial charge < -0.3 is 0 Å². The Kier molecular flexibility index (Phi) is 6.13. The fourth-order valence-corrected chi connectivity index (χ4v) is 4.87. The predicted octanol–water partition coefficient (Wildman–Crippen LogP) is 3.19. The van der Waals surface area contributed by atoms with Crippen molar-refractivity contribution in [3.8, 4) is 0 Å². The molecule has 0 amide bonds. The first-order valence-corrected chi connectivity index (χ1v) is 10.3. The van der Waals surface area contributed by atoms with Gasteiger partial charge in [0.2, 0.25) is 10.0 Å². The van der Waals surface area contributed by atoms with E-state index in [0.29, 0.717) is 17.4 Å². The third-order valence-corrected chi connectivity index (χ3v) is 6.80. The average molecular weight is 333 g/mol. The van der Waals surface area contributed by atoms with Gasteiger partial charge in [0, 0.05) is 31.7 Å². The fourth-order valence-electron chi connectivity index (χ4n) is 3.90. The van der Waals surface area contributed by atoms with E-state index in [9.17, 15) is 8.42 Å². The largest absolute Gasteiger partial charge is 0.300 e. The normalized spacial score (nSPS) is 24.9. The molecule has 0 aliphatic carbocycles. The number of nitrogens with zero attached hydrogens (tertiary/aromatic N) is 2. The summed E-state index contributed by atoms with van der Waals surface area (Å²) in [6.45, 7) is 15.5. The van der Waals surface area contributed by atoms with Gasteiger partial charge in [-0.15, -0.1) is 0 Å². The molecule has 5 heteroatoms. The summed E-state index contributed by atoms with van der Waals surface area (Å²) < 4.78 is 25.2. The Morgan fingerprint density at radius 1 is 1.36 bits per heavy atom. The minimum absolute atomic E-state index is 0.341. The van der Waals surface area contributed by atoms with Crippen LogP contribution in [0.25, 0.3) is 0 Å². The van der Waals surface area contributed by atoms with Gasteiger partial charge in [0.15, 0.2) is 0 Å². The number of sulfonamides is 1. The molecule has 0 radical (unpaired) electrons. The van der Waals surface area contributed by atoms with E-state index in [2.05, 4.69) is 32.6 Å². The quantitative estimate of drug-likeness (QED) is 0.719. The van der Waals surface area contributed by atoms with Crippen LogP contribution in [0.2, 0.25) is 0 Å². The maximum absolute atomic E-state index is 11.8. The molecular formula is C17H36N2O2S. The highest BCUT2D eigenvalue weighted by molar-refractivity contribution is 7.88. The van der Waals surface area contributed by atoms with Gasteiger partial charge in [-0.2, -0.15) is 4.31 Å². The van der Waals surface area contributed by atoms with Crippen LogP contribution in [0, 0.1) is 11.3 Å². The van der Waals surface area contributed by atoms with E-state index in [1.165, 1.54) is 17.0 Å². The SMILES string of the molecule is CCC(CN1CC(C)(C)CC1C)CC(C)(C)N(C)S(C)(=O)=O.